The van der Waals surface area contributed by atoms with Crippen LogP contribution in [0.2, 0.25) is 0 Å². The number of aryl methyl sites for hydroxylation is 1. The third-order valence-electron chi connectivity index (χ3n) is 7.20. The van der Waals surface area contributed by atoms with Gasteiger partial charge in [-0.05, 0) is 68.1 Å². The summed E-state index contributed by atoms with van der Waals surface area (Å²) in [6.45, 7) is 3.73. The molecule has 8 nitrogen and oxygen atoms in total. The zero-order valence-electron chi connectivity index (χ0n) is 19.9. The van der Waals surface area contributed by atoms with Gasteiger partial charge in [0.2, 0.25) is 5.91 Å². The molecular formula is C26H29N3O5S. The number of esters is 1. The van der Waals surface area contributed by atoms with Crippen molar-refractivity contribution in [1.29, 1.82) is 0 Å². The van der Waals surface area contributed by atoms with Gasteiger partial charge in [0.05, 0.1) is 12.2 Å². The average molecular weight is 496 g/mol. The first kappa shape index (κ1) is 23.5. The van der Waals surface area contributed by atoms with Crippen molar-refractivity contribution in [2.45, 2.75) is 57.9 Å². The Kier molecular flexibility index (Phi) is 6.13. The quantitative estimate of drug-likeness (QED) is 0.485. The average Bonchev–Trinajstić information content (AvgIpc) is 3.29. The molecule has 1 aliphatic heterocycles. The van der Waals surface area contributed by atoms with Crippen LogP contribution in [-0.2, 0) is 39.1 Å². The smallest absolute Gasteiger partial charge is 0.341 e. The number of benzene rings is 1. The van der Waals surface area contributed by atoms with Gasteiger partial charge >= 0.3 is 12.0 Å². The molecule has 2 aromatic rings. The minimum atomic E-state index is -1.12. The minimum Gasteiger partial charge on any atom is -0.462 e. The van der Waals surface area contributed by atoms with E-state index in [1.54, 1.807) is 6.92 Å². The Balaban J connectivity index is 1.38. The number of hydrogen-bond donors (Lipinski definition) is 2. The SMILES string of the molecule is CCOC(=O)c1c(NC(=O)CN2C(=O)N[C@@]3(CCCc4ccccc43)C2=O)sc2c1CC[C@H](C)C2. The largest absolute Gasteiger partial charge is 0.462 e. The molecule has 2 heterocycles. The summed E-state index contributed by atoms with van der Waals surface area (Å²) in [6.07, 6.45) is 4.68. The Morgan fingerprint density at radius 3 is 2.86 bits per heavy atom. The molecule has 184 valence electrons. The lowest BCUT2D eigenvalue weighted by atomic mass is 9.76. The van der Waals surface area contributed by atoms with E-state index in [0.717, 1.165) is 58.6 Å². The maximum absolute atomic E-state index is 13.5. The second-order valence-electron chi connectivity index (χ2n) is 9.56. The summed E-state index contributed by atoms with van der Waals surface area (Å²) in [6, 6.07) is 7.05. The highest BCUT2D eigenvalue weighted by Gasteiger charge is 2.54. The lowest BCUT2D eigenvalue weighted by molar-refractivity contribution is -0.134. The van der Waals surface area contributed by atoms with Crippen LogP contribution in [0.1, 0.15) is 65.0 Å². The number of hydrogen-bond acceptors (Lipinski definition) is 6. The zero-order valence-corrected chi connectivity index (χ0v) is 20.8. The van der Waals surface area contributed by atoms with Gasteiger partial charge in [0, 0.05) is 4.88 Å². The number of carbonyl (C=O) groups excluding carboxylic acids is 4. The van der Waals surface area contributed by atoms with E-state index in [2.05, 4.69) is 17.6 Å². The predicted molar refractivity (Wildman–Crippen MR) is 131 cm³/mol. The Hall–Kier alpha value is -3.20. The fourth-order valence-electron chi connectivity index (χ4n) is 5.52. The number of ether oxygens (including phenoxy) is 1. The van der Waals surface area contributed by atoms with Crippen molar-refractivity contribution in [3.8, 4) is 0 Å². The van der Waals surface area contributed by atoms with Crippen LogP contribution in [0.5, 0.6) is 0 Å². The number of nitrogens with zero attached hydrogens (tertiary/aromatic N) is 1. The van der Waals surface area contributed by atoms with E-state index in [-0.39, 0.29) is 6.61 Å². The molecule has 5 rings (SSSR count). The highest BCUT2D eigenvalue weighted by Crippen LogP contribution is 2.41. The van der Waals surface area contributed by atoms with Crippen molar-refractivity contribution in [2.75, 3.05) is 18.5 Å². The van der Waals surface area contributed by atoms with Crippen LogP contribution in [0, 0.1) is 5.92 Å². The van der Waals surface area contributed by atoms with E-state index in [1.165, 1.54) is 11.3 Å². The van der Waals surface area contributed by atoms with Crippen LogP contribution in [0.3, 0.4) is 0 Å². The Morgan fingerprint density at radius 1 is 1.26 bits per heavy atom. The van der Waals surface area contributed by atoms with E-state index < -0.39 is 35.9 Å². The van der Waals surface area contributed by atoms with E-state index >= 15 is 0 Å². The third kappa shape index (κ3) is 4.01. The van der Waals surface area contributed by atoms with Crippen molar-refractivity contribution in [3.05, 3.63) is 51.4 Å². The van der Waals surface area contributed by atoms with Crippen LogP contribution >= 0.6 is 11.3 Å². The summed E-state index contributed by atoms with van der Waals surface area (Å²) in [5.74, 6) is -0.885. The van der Waals surface area contributed by atoms with Crippen molar-refractivity contribution >= 4 is 40.2 Å². The van der Waals surface area contributed by atoms with Crippen molar-refractivity contribution in [3.63, 3.8) is 0 Å². The number of fused-ring (bicyclic) bond motifs is 3. The molecule has 1 saturated heterocycles. The monoisotopic (exact) mass is 495 g/mol. The maximum atomic E-state index is 13.5. The Bertz CT molecular complexity index is 1220. The Morgan fingerprint density at radius 2 is 2.06 bits per heavy atom. The van der Waals surface area contributed by atoms with Gasteiger partial charge in [-0.15, -0.1) is 11.3 Å². The number of nitrogens with one attached hydrogen (secondary N) is 2. The van der Waals surface area contributed by atoms with Gasteiger partial charge in [-0.3, -0.25) is 14.5 Å². The molecule has 0 unspecified atom stereocenters. The number of carbonyl (C=O) groups is 4. The van der Waals surface area contributed by atoms with Crippen molar-refractivity contribution < 1.29 is 23.9 Å². The van der Waals surface area contributed by atoms with Crippen LogP contribution in [-0.4, -0.2) is 41.9 Å². The summed E-state index contributed by atoms with van der Waals surface area (Å²) < 4.78 is 5.27. The molecule has 3 aliphatic rings. The first-order valence-electron chi connectivity index (χ1n) is 12.2. The number of thiophene rings is 1. The van der Waals surface area contributed by atoms with E-state index in [9.17, 15) is 19.2 Å². The van der Waals surface area contributed by atoms with E-state index in [4.69, 9.17) is 4.74 Å². The molecule has 0 radical (unpaired) electrons. The van der Waals surface area contributed by atoms with Gasteiger partial charge in [-0.25, -0.2) is 9.59 Å². The molecule has 2 aliphatic carbocycles. The fourth-order valence-corrected chi connectivity index (χ4v) is 6.94. The lowest BCUT2D eigenvalue weighted by Crippen LogP contribution is -2.47. The first-order valence-corrected chi connectivity index (χ1v) is 13.0. The molecule has 1 aromatic carbocycles. The van der Waals surface area contributed by atoms with E-state index in [1.807, 2.05) is 24.3 Å². The minimum absolute atomic E-state index is 0.235. The molecule has 2 N–H and O–H groups in total. The van der Waals surface area contributed by atoms with E-state index in [0.29, 0.717) is 22.9 Å². The normalized spacial score (nSPS) is 23.0. The highest BCUT2D eigenvalue weighted by atomic mass is 32.1. The topological polar surface area (TPSA) is 105 Å². The summed E-state index contributed by atoms with van der Waals surface area (Å²) in [5.41, 5.74) is 2.06. The second-order valence-corrected chi connectivity index (χ2v) is 10.7. The molecule has 0 saturated carbocycles. The van der Waals surface area contributed by atoms with Gasteiger partial charge in [-0.2, -0.15) is 0 Å². The summed E-state index contributed by atoms with van der Waals surface area (Å²) in [5, 5.41) is 6.10. The molecule has 1 spiro atoms. The zero-order chi connectivity index (χ0) is 24.7. The van der Waals surface area contributed by atoms with Gasteiger partial charge in [0.25, 0.3) is 5.91 Å². The van der Waals surface area contributed by atoms with Gasteiger partial charge in [0.1, 0.15) is 17.1 Å². The fraction of sp³-hybridized carbons (Fsp3) is 0.462. The maximum Gasteiger partial charge on any atom is 0.341 e. The molecule has 0 bridgehead atoms. The summed E-state index contributed by atoms with van der Waals surface area (Å²) in [4.78, 5) is 54.2. The van der Waals surface area contributed by atoms with Gasteiger partial charge in [-0.1, -0.05) is 31.2 Å². The summed E-state index contributed by atoms with van der Waals surface area (Å²) >= 11 is 1.38. The highest BCUT2D eigenvalue weighted by molar-refractivity contribution is 7.17. The molecule has 2 atom stereocenters. The third-order valence-corrected chi connectivity index (χ3v) is 8.37. The molecule has 9 heteroatoms. The Labute approximate surface area is 208 Å². The number of urea groups is 1. The van der Waals surface area contributed by atoms with Crippen molar-refractivity contribution in [1.82, 2.24) is 10.2 Å². The molecular weight excluding hydrogens is 466 g/mol. The second kappa shape index (κ2) is 9.11. The molecule has 4 amide bonds. The van der Waals surface area contributed by atoms with Crippen LogP contribution in [0.25, 0.3) is 0 Å². The number of amides is 4. The lowest BCUT2D eigenvalue weighted by Gasteiger charge is -2.33. The van der Waals surface area contributed by atoms with Crippen LogP contribution in [0.15, 0.2) is 24.3 Å². The first-order chi connectivity index (χ1) is 16.8. The van der Waals surface area contributed by atoms with Crippen LogP contribution in [0.4, 0.5) is 9.80 Å². The van der Waals surface area contributed by atoms with Crippen molar-refractivity contribution in [2.24, 2.45) is 5.92 Å². The molecule has 1 aromatic heterocycles. The number of anilines is 1. The van der Waals surface area contributed by atoms with Crippen LogP contribution < -0.4 is 10.6 Å². The summed E-state index contributed by atoms with van der Waals surface area (Å²) in [7, 11) is 0. The standard InChI is InChI=1S/C26H29N3O5S/c1-3-34-23(31)21-17-11-10-15(2)13-19(17)35-22(21)27-20(30)14-29-24(32)26(28-25(29)33)12-6-8-16-7-4-5-9-18(16)26/h4-5,7,9,15H,3,6,8,10-14H2,1-2H3,(H,27,30)(H,28,33)/t15-,26+/m0/s1. The van der Waals surface area contributed by atoms with Gasteiger partial charge in [0.15, 0.2) is 0 Å². The molecule has 1 fully saturated rings. The molecule has 35 heavy (non-hydrogen) atoms. The number of imide groups is 1. The predicted octanol–water partition coefficient (Wildman–Crippen LogP) is 3.77. The van der Waals surface area contributed by atoms with Gasteiger partial charge < -0.3 is 15.4 Å². The number of rotatable bonds is 5.